The second-order valence-corrected chi connectivity index (χ2v) is 2.93. The Morgan fingerprint density at radius 3 is 2.58 bits per heavy atom. The van der Waals surface area contributed by atoms with Crippen molar-refractivity contribution >= 4 is 0 Å². The minimum Gasteiger partial charge on any atom is -0.327 e. The molecule has 0 aromatic rings. The summed E-state index contributed by atoms with van der Waals surface area (Å²) in [6.07, 6.45) is 11.3. The molecular formula is C11H21N. The third kappa shape index (κ3) is 6.17. The van der Waals surface area contributed by atoms with Crippen molar-refractivity contribution in [3.05, 3.63) is 23.8 Å². The standard InChI is InChI=1S/C11H21N/c1-3-5-8-11(7-4-2)9-6-10-12/h6-7,9H,3-5,8,10,12H2,1-2H3/b9-6-,11-7-. The third-order valence-electron chi connectivity index (χ3n) is 1.75. The molecule has 0 aliphatic heterocycles. The fourth-order valence-corrected chi connectivity index (χ4v) is 1.12. The van der Waals surface area contributed by atoms with E-state index in [-0.39, 0.29) is 0 Å². The molecule has 1 nitrogen and oxygen atoms in total. The van der Waals surface area contributed by atoms with Gasteiger partial charge in [-0.15, -0.1) is 0 Å². The average molecular weight is 167 g/mol. The van der Waals surface area contributed by atoms with Gasteiger partial charge in [0.25, 0.3) is 0 Å². The summed E-state index contributed by atoms with van der Waals surface area (Å²) in [4.78, 5) is 0. The Labute approximate surface area is 76.3 Å². The molecule has 12 heavy (non-hydrogen) atoms. The number of nitrogens with two attached hydrogens (primary N) is 1. The number of hydrogen-bond donors (Lipinski definition) is 1. The molecule has 0 atom stereocenters. The summed E-state index contributed by atoms with van der Waals surface area (Å²) in [6.45, 7) is 5.03. The molecular weight excluding hydrogens is 146 g/mol. The zero-order chi connectivity index (χ0) is 9.23. The van der Waals surface area contributed by atoms with Crippen LogP contribution in [0, 0.1) is 0 Å². The van der Waals surface area contributed by atoms with Crippen molar-refractivity contribution in [2.45, 2.75) is 39.5 Å². The summed E-state index contributed by atoms with van der Waals surface area (Å²) in [5.41, 5.74) is 6.82. The van der Waals surface area contributed by atoms with Gasteiger partial charge in [0.2, 0.25) is 0 Å². The number of rotatable bonds is 6. The Bertz CT molecular complexity index is 145. The summed E-state index contributed by atoms with van der Waals surface area (Å²) >= 11 is 0. The van der Waals surface area contributed by atoms with Gasteiger partial charge in [-0.25, -0.2) is 0 Å². The van der Waals surface area contributed by atoms with Gasteiger partial charge in [0.1, 0.15) is 0 Å². The first-order chi connectivity index (χ1) is 5.85. The molecule has 70 valence electrons. The SMILES string of the molecule is CC/C=C(\C=C/CN)CCCC. The number of unbranched alkanes of at least 4 members (excludes halogenated alkanes) is 1. The van der Waals surface area contributed by atoms with Crippen molar-refractivity contribution in [2.75, 3.05) is 6.54 Å². The summed E-state index contributed by atoms with van der Waals surface area (Å²) in [6, 6.07) is 0. The highest BCUT2D eigenvalue weighted by molar-refractivity contribution is 5.18. The van der Waals surface area contributed by atoms with Crippen molar-refractivity contribution in [3.63, 3.8) is 0 Å². The Balaban J connectivity index is 3.86. The van der Waals surface area contributed by atoms with Gasteiger partial charge < -0.3 is 5.73 Å². The zero-order valence-corrected chi connectivity index (χ0v) is 8.34. The topological polar surface area (TPSA) is 26.0 Å². The second kappa shape index (κ2) is 8.54. The molecule has 0 bridgehead atoms. The van der Waals surface area contributed by atoms with E-state index in [0.717, 1.165) is 6.42 Å². The Morgan fingerprint density at radius 1 is 1.33 bits per heavy atom. The van der Waals surface area contributed by atoms with Crippen LogP contribution in [0.15, 0.2) is 23.8 Å². The fourth-order valence-electron chi connectivity index (χ4n) is 1.12. The smallest absolute Gasteiger partial charge is 0.0110 e. The summed E-state index contributed by atoms with van der Waals surface area (Å²) in [5, 5.41) is 0. The van der Waals surface area contributed by atoms with Gasteiger partial charge in [-0.3, -0.25) is 0 Å². The molecule has 0 heterocycles. The first-order valence-electron chi connectivity index (χ1n) is 4.90. The van der Waals surface area contributed by atoms with Gasteiger partial charge in [0, 0.05) is 6.54 Å². The van der Waals surface area contributed by atoms with Gasteiger partial charge >= 0.3 is 0 Å². The van der Waals surface area contributed by atoms with E-state index in [4.69, 9.17) is 5.73 Å². The molecule has 0 aromatic carbocycles. The molecule has 0 rings (SSSR count). The molecule has 0 fully saturated rings. The van der Waals surface area contributed by atoms with Crippen LogP contribution in [0.5, 0.6) is 0 Å². The predicted octanol–water partition coefficient (Wildman–Crippen LogP) is 3.03. The molecule has 0 spiro atoms. The van der Waals surface area contributed by atoms with Crippen LogP contribution >= 0.6 is 0 Å². The van der Waals surface area contributed by atoms with Crippen LogP contribution in [-0.4, -0.2) is 6.54 Å². The highest BCUT2D eigenvalue weighted by Gasteiger charge is 1.89. The highest BCUT2D eigenvalue weighted by Crippen LogP contribution is 2.09. The maximum Gasteiger partial charge on any atom is 0.0110 e. The second-order valence-electron chi connectivity index (χ2n) is 2.93. The van der Waals surface area contributed by atoms with Gasteiger partial charge in [-0.1, -0.05) is 44.1 Å². The first-order valence-corrected chi connectivity index (χ1v) is 4.90. The Hall–Kier alpha value is -0.560. The molecule has 0 aliphatic rings. The molecule has 0 amide bonds. The number of hydrogen-bond acceptors (Lipinski definition) is 1. The van der Waals surface area contributed by atoms with Crippen molar-refractivity contribution < 1.29 is 0 Å². The largest absolute Gasteiger partial charge is 0.327 e. The predicted molar refractivity (Wildman–Crippen MR) is 56.1 cm³/mol. The van der Waals surface area contributed by atoms with Crippen LogP contribution in [-0.2, 0) is 0 Å². The van der Waals surface area contributed by atoms with Crippen molar-refractivity contribution in [1.29, 1.82) is 0 Å². The Kier molecular flexibility index (Phi) is 8.14. The van der Waals surface area contributed by atoms with E-state index in [1.807, 2.05) is 6.08 Å². The molecule has 0 saturated carbocycles. The van der Waals surface area contributed by atoms with Crippen LogP contribution in [0.3, 0.4) is 0 Å². The molecule has 0 aliphatic carbocycles. The van der Waals surface area contributed by atoms with E-state index in [0.29, 0.717) is 6.54 Å². The van der Waals surface area contributed by atoms with Gasteiger partial charge in [0.05, 0.1) is 0 Å². The number of allylic oxidation sites excluding steroid dienone is 3. The quantitative estimate of drug-likeness (QED) is 0.605. The van der Waals surface area contributed by atoms with Crippen LogP contribution in [0.25, 0.3) is 0 Å². The normalized spacial score (nSPS) is 12.8. The minimum absolute atomic E-state index is 0.646. The molecule has 0 radical (unpaired) electrons. The van der Waals surface area contributed by atoms with E-state index in [2.05, 4.69) is 26.0 Å². The van der Waals surface area contributed by atoms with Crippen molar-refractivity contribution in [2.24, 2.45) is 5.73 Å². The van der Waals surface area contributed by atoms with Crippen LogP contribution in [0.4, 0.5) is 0 Å². The van der Waals surface area contributed by atoms with E-state index in [1.165, 1.54) is 24.8 Å². The van der Waals surface area contributed by atoms with Crippen LogP contribution < -0.4 is 5.73 Å². The van der Waals surface area contributed by atoms with E-state index >= 15 is 0 Å². The zero-order valence-electron chi connectivity index (χ0n) is 8.34. The Morgan fingerprint density at radius 2 is 2.08 bits per heavy atom. The molecule has 2 N–H and O–H groups in total. The average Bonchev–Trinajstić information content (AvgIpc) is 2.10. The van der Waals surface area contributed by atoms with Gasteiger partial charge in [-0.2, -0.15) is 0 Å². The highest BCUT2D eigenvalue weighted by atomic mass is 14.5. The lowest BCUT2D eigenvalue weighted by Crippen LogP contribution is -1.92. The molecule has 1 heteroatoms. The van der Waals surface area contributed by atoms with Crippen LogP contribution in [0.1, 0.15) is 39.5 Å². The van der Waals surface area contributed by atoms with E-state index < -0.39 is 0 Å². The first kappa shape index (κ1) is 11.4. The van der Waals surface area contributed by atoms with Gasteiger partial charge in [-0.05, 0) is 19.3 Å². The summed E-state index contributed by atoms with van der Waals surface area (Å²) in [7, 11) is 0. The lowest BCUT2D eigenvalue weighted by atomic mass is 10.1. The lowest BCUT2D eigenvalue weighted by molar-refractivity contribution is 0.794. The monoisotopic (exact) mass is 167 g/mol. The maximum absolute atomic E-state index is 5.39. The molecule has 0 unspecified atom stereocenters. The fraction of sp³-hybridized carbons (Fsp3) is 0.636. The van der Waals surface area contributed by atoms with Crippen molar-refractivity contribution in [1.82, 2.24) is 0 Å². The van der Waals surface area contributed by atoms with E-state index in [1.54, 1.807) is 0 Å². The van der Waals surface area contributed by atoms with Gasteiger partial charge in [0.15, 0.2) is 0 Å². The lowest BCUT2D eigenvalue weighted by Gasteiger charge is -1.99. The maximum atomic E-state index is 5.39. The molecule has 0 aromatic heterocycles. The van der Waals surface area contributed by atoms with Crippen LogP contribution in [0.2, 0.25) is 0 Å². The summed E-state index contributed by atoms with van der Waals surface area (Å²) < 4.78 is 0. The van der Waals surface area contributed by atoms with E-state index in [9.17, 15) is 0 Å². The molecule has 0 saturated heterocycles. The third-order valence-corrected chi connectivity index (χ3v) is 1.75. The minimum atomic E-state index is 0.646. The summed E-state index contributed by atoms with van der Waals surface area (Å²) in [5.74, 6) is 0. The van der Waals surface area contributed by atoms with Crippen molar-refractivity contribution in [3.8, 4) is 0 Å².